The lowest BCUT2D eigenvalue weighted by Crippen LogP contribution is -2.01. The first-order valence-corrected chi connectivity index (χ1v) is 16.8. The number of rotatable bonds is 5. The molecule has 10 rings (SSSR count). The predicted molar refractivity (Wildman–Crippen MR) is 205 cm³/mol. The number of benzene rings is 7. The van der Waals surface area contributed by atoms with Crippen molar-refractivity contribution in [3.63, 3.8) is 0 Å². The molecule has 3 aromatic heterocycles. The van der Waals surface area contributed by atoms with Crippen LogP contribution in [0.5, 0.6) is 0 Å². The molecular weight excluding hydrogens is 611 g/mol. The van der Waals surface area contributed by atoms with Crippen molar-refractivity contribution >= 4 is 43.7 Å². The van der Waals surface area contributed by atoms with Crippen molar-refractivity contribution in [2.75, 3.05) is 0 Å². The summed E-state index contributed by atoms with van der Waals surface area (Å²) in [6, 6.07) is 61.3. The molecule has 50 heavy (non-hydrogen) atoms. The van der Waals surface area contributed by atoms with Crippen LogP contribution in [0, 0.1) is 0 Å². The molecule has 4 nitrogen and oxygen atoms in total. The highest BCUT2D eigenvalue weighted by Gasteiger charge is 2.19. The van der Waals surface area contributed by atoms with E-state index in [-0.39, 0.29) is 0 Å². The third-order valence-electron chi connectivity index (χ3n) is 9.65. The first-order chi connectivity index (χ1) is 24.8. The highest BCUT2D eigenvalue weighted by atomic mass is 16.3. The zero-order chi connectivity index (χ0) is 33.0. The molecule has 0 atom stereocenters. The molecule has 0 amide bonds. The monoisotopic (exact) mass is 639 g/mol. The second-order valence-corrected chi connectivity index (χ2v) is 12.6. The summed E-state index contributed by atoms with van der Waals surface area (Å²) in [5.74, 6) is 0.672. The standard InChI is InChI=1S/C46H29N3O/c1-2-14-30(15-3-1)39-29-40(37-21-8-12-24-43(37)49-41-22-10-6-17-33(41)34-18-7-11-23-42(34)49)48-46(47-39)36-20-5-4-16-32(36)31-26-27-45-38(28-31)35-19-9-13-25-44(35)50-45/h1-29H. The molecule has 0 bridgehead atoms. The normalized spacial score (nSPS) is 11.6. The maximum Gasteiger partial charge on any atom is 0.161 e. The summed E-state index contributed by atoms with van der Waals surface area (Å²) < 4.78 is 8.52. The Balaban J connectivity index is 1.21. The number of aromatic nitrogens is 3. The Morgan fingerprint density at radius 3 is 1.74 bits per heavy atom. The highest BCUT2D eigenvalue weighted by Crippen LogP contribution is 2.39. The SMILES string of the molecule is c1ccc(-c2cc(-c3ccccc3-n3c4ccccc4c4ccccc43)nc(-c3ccccc3-c3ccc4oc5ccccc5c4c3)n2)cc1. The van der Waals surface area contributed by atoms with Gasteiger partial charge in [0.15, 0.2) is 5.82 Å². The third kappa shape index (κ3) is 4.54. The van der Waals surface area contributed by atoms with Gasteiger partial charge in [-0.1, -0.05) is 133 Å². The molecule has 0 unspecified atom stereocenters. The van der Waals surface area contributed by atoms with Crippen LogP contribution in [0.4, 0.5) is 0 Å². The van der Waals surface area contributed by atoms with Gasteiger partial charge in [0.1, 0.15) is 11.2 Å². The van der Waals surface area contributed by atoms with Crippen LogP contribution in [-0.4, -0.2) is 14.5 Å². The van der Waals surface area contributed by atoms with Gasteiger partial charge in [0.05, 0.1) is 28.1 Å². The number of fused-ring (bicyclic) bond motifs is 6. The Hall–Kier alpha value is -6.78. The fraction of sp³-hybridized carbons (Fsp3) is 0. The lowest BCUT2D eigenvalue weighted by Gasteiger charge is -2.16. The van der Waals surface area contributed by atoms with Gasteiger partial charge in [-0.15, -0.1) is 0 Å². The number of hydrogen-bond donors (Lipinski definition) is 0. The topological polar surface area (TPSA) is 43.9 Å². The van der Waals surface area contributed by atoms with E-state index in [0.717, 1.165) is 77.9 Å². The quantitative estimate of drug-likeness (QED) is 0.188. The summed E-state index contributed by atoms with van der Waals surface area (Å²) in [5, 5.41) is 4.64. The van der Waals surface area contributed by atoms with E-state index in [1.54, 1.807) is 0 Å². The van der Waals surface area contributed by atoms with E-state index >= 15 is 0 Å². The Labute approximate surface area is 288 Å². The van der Waals surface area contributed by atoms with E-state index in [9.17, 15) is 0 Å². The number of para-hydroxylation sites is 4. The fourth-order valence-corrected chi connectivity index (χ4v) is 7.35. The van der Waals surface area contributed by atoms with Crippen LogP contribution in [0.1, 0.15) is 0 Å². The third-order valence-corrected chi connectivity index (χ3v) is 9.65. The summed E-state index contributed by atoms with van der Waals surface area (Å²) >= 11 is 0. The molecule has 0 fully saturated rings. The van der Waals surface area contributed by atoms with E-state index in [0.29, 0.717) is 5.82 Å². The minimum atomic E-state index is 0.672. The van der Waals surface area contributed by atoms with E-state index in [1.165, 1.54) is 10.8 Å². The van der Waals surface area contributed by atoms with Crippen LogP contribution in [0.3, 0.4) is 0 Å². The van der Waals surface area contributed by atoms with Crippen molar-refractivity contribution in [1.82, 2.24) is 14.5 Å². The molecule has 3 heterocycles. The highest BCUT2D eigenvalue weighted by molar-refractivity contribution is 6.10. The van der Waals surface area contributed by atoms with Gasteiger partial charge in [0.2, 0.25) is 0 Å². The van der Waals surface area contributed by atoms with Gasteiger partial charge in [0.25, 0.3) is 0 Å². The average Bonchev–Trinajstić information content (AvgIpc) is 3.73. The van der Waals surface area contributed by atoms with Crippen molar-refractivity contribution in [1.29, 1.82) is 0 Å². The summed E-state index contributed by atoms with van der Waals surface area (Å²) in [7, 11) is 0. The van der Waals surface area contributed by atoms with E-state index in [2.05, 4.69) is 162 Å². The van der Waals surface area contributed by atoms with Crippen molar-refractivity contribution in [2.24, 2.45) is 0 Å². The van der Waals surface area contributed by atoms with Crippen LogP contribution in [0.2, 0.25) is 0 Å². The van der Waals surface area contributed by atoms with Gasteiger partial charge in [-0.2, -0.15) is 0 Å². The van der Waals surface area contributed by atoms with Crippen LogP contribution < -0.4 is 0 Å². The lowest BCUT2D eigenvalue weighted by atomic mass is 9.97. The molecule has 0 spiro atoms. The van der Waals surface area contributed by atoms with Gasteiger partial charge in [0, 0.05) is 38.2 Å². The largest absolute Gasteiger partial charge is 0.456 e. The molecular formula is C46H29N3O. The van der Waals surface area contributed by atoms with Crippen molar-refractivity contribution < 1.29 is 4.42 Å². The van der Waals surface area contributed by atoms with Gasteiger partial charge in [-0.05, 0) is 53.6 Å². The first kappa shape index (κ1) is 28.3. The fourth-order valence-electron chi connectivity index (χ4n) is 7.35. The van der Waals surface area contributed by atoms with Crippen molar-refractivity contribution in [3.05, 3.63) is 176 Å². The summed E-state index contributed by atoms with van der Waals surface area (Å²) in [6.07, 6.45) is 0. The molecule has 0 aliphatic rings. The lowest BCUT2D eigenvalue weighted by molar-refractivity contribution is 0.669. The molecule has 234 valence electrons. The molecule has 4 heteroatoms. The first-order valence-electron chi connectivity index (χ1n) is 16.8. The molecule has 0 saturated heterocycles. The number of furan rings is 1. The van der Waals surface area contributed by atoms with Gasteiger partial charge < -0.3 is 8.98 Å². The molecule has 10 aromatic rings. The Morgan fingerprint density at radius 1 is 0.380 bits per heavy atom. The Bertz CT molecular complexity index is 2830. The zero-order valence-corrected chi connectivity index (χ0v) is 27.0. The maximum absolute atomic E-state index is 6.16. The summed E-state index contributed by atoms with van der Waals surface area (Å²) in [6.45, 7) is 0. The zero-order valence-electron chi connectivity index (χ0n) is 27.0. The molecule has 0 radical (unpaired) electrons. The second kappa shape index (κ2) is 11.4. The molecule has 7 aromatic carbocycles. The molecule has 0 saturated carbocycles. The van der Waals surface area contributed by atoms with E-state index in [1.807, 2.05) is 18.2 Å². The number of hydrogen-bond acceptors (Lipinski definition) is 3. The summed E-state index contributed by atoms with van der Waals surface area (Å²) in [5.41, 5.74) is 12.1. The van der Waals surface area contributed by atoms with E-state index < -0.39 is 0 Å². The molecule has 0 aliphatic carbocycles. The van der Waals surface area contributed by atoms with E-state index in [4.69, 9.17) is 14.4 Å². The predicted octanol–water partition coefficient (Wildman–Crippen LogP) is 12.1. The Morgan fingerprint density at radius 2 is 0.960 bits per heavy atom. The molecule has 0 N–H and O–H groups in total. The van der Waals surface area contributed by atoms with Crippen LogP contribution in [0.15, 0.2) is 180 Å². The molecule has 0 aliphatic heterocycles. The van der Waals surface area contributed by atoms with Crippen molar-refractivity contribution in [3.8, 4) is 50.7 Å². The average molecular weight is 640 g/mol. The smallest absolute Gasteiger partial charge is 0.161 e. The van der Waals surface area contributed by atoms with Crippen LogP contribution in [0.25, 0.3) is 94.5 Å². The number of nitrogens with zero attached hydrogens (tertiary/aromatic N) is 3. The minimum absolute atomic E-state index is 0.672. The second-order valence-electron chi connectivity index (χ2n) is 12.6. The summed E-state index contributed by atoms with van der Waals surface area (Å²) in [4.78, 5) is 10.6. The minimum Gasteiger partial charge on any atom is -0.456 e. The van der Waals surface area contributed by atoms with Gasteiger partial charge in [-0.25, -0.2) is 9.97 Å². The van der Waals surface area contributed by atoms with Crippen molar-refractivity contribution in [2.45, 2.75) is 0 Å². The van der Waals surface area contributed by atoms with Gasteiger partial charge >= 0.3 is 0 Å². The Kier molecular flexibility index (Phi) is 6.46. The van der Waals surface area contributed by atoms with Gasteiger partial charge in [-0.3, -0.25) is 0 Å². The van der Waals surface area contributed by atoms with Crippen LogP contribution in [-0.2, 0) is 0 Å². The maximum atomic E-state index is 6.16. The van der Waals surface area contributed by atoms with Crippen LogP contribution >= 0.6 is 0 Å².